The first-order chi connectivity index (χ1) is 8.44. The van der Waals surface area contributed by atoms with Gasteiger partial charge in [0.2, 0.25) is 0 Å². The van der Waals surface area contributed by atoms with Crippen LogP contribution in [0.4, 0.5) is 0 Å². The van der Waals surface area contributed by atoms with Crippen LogP contribution in [0.1, 0.15) is 32.4 Å². The van der Waals surface area contributed by atoms with Gasteiger partial charge in [-0.05, 0) is 39.8 Å². The van der Waals surface area contributed by atoms with Gasteiger partial charge in [0.15, 0.2) is 17.4 Å². The molecule has 0 bridgehead atoms. The van der Waals surface area contributed by atoms with Gasteiger partial charge in [-0.15, -0.1) is 0 Å². The van der Waals surface area contributed by atoms with Crippen molar-refractivity contribution in [3.8, 4) is 11.5 Å². The smallest absolute Gasteiger partial charge is 0.196 e. The highest BCUT2D eigenvalue weighted by molar-refractivity contribution is 5.48. The molecule has 0 aliphatic carbocycles. The van der Waals surface area contributed by atoms with Crippen molar-refractivity contribution >= 4 is 0 Å². The van der Waals surface area contributed by atoms with Crippen LogP contribution < -0.4 is 5.32 Å². The third-order valence-electron chi connectivity index (χ3n) is 2.53. The largest absolute Gasteiger partial charge is 0.458 e. The molecule has 4 heteroatoms. The Bertz CT molecular complexity index is 506. The second kappa shape index (κ2) is 4.98. The van der Waals surface area contributed by atoms with Crippen molar-refractivity contribution in [3.63, 3.8) is 0 Å². The summed E-state index contributed by atoms with van der Waals surface area (Å²) < 4.78 is 11.1. The summed E-state index contributed by atoms with van der Waals surface area (Å²) in [4.78, 5) is 4.25. The van der Waals surface area contributed by atoms with E-state index in [1.807, 2.05) is 19.1 Å². The van der Waals surface area contributed by atoms with E-state index in [0.29, 0.717) is 5.76 Å². The van der Waals surface area contributed by atoms with E-state index >= 15 is 0 Å². The summed E-state index contributed by atoms with van der Waals surface area (Å²) in [5, 5.41) is 3.40. The minimum Gasteiger partial charge on any atom is -0.458 e. The second-order valence-corrected chi connectivity index (χ2v) is 5.46. The van der Waals surface area contributed by atoms with Crippen LogP contribution in [-0.2, 0) is 6.42 Å². The maximum atomic E-state index is 5.65. The minimum absolute atomic E-state index is 0.119. The number of aromatic nitrogens is 1. The number of aryl methyl sites for hydroxylation is 1. The molecule has 2 aromatic rings. The van der Waals surface area contributed by atoms with Crippen molar-refractivity contribution < 1.29 is 8.83 Å². The van der Waals surface area contributed by atoms with Crippen molar-refractivity contribution in [1.29, 1.82) is 0 Å². The SMILES string of the molecule is Cc1ccc(-c2cnc(CCNC(C)(C)C)o2)o1. The molecule has 0 unspecified atom stereocenters. The highest BCUT2D eigenvalue weighted by Crippen LogP contribution is 2.22. The molecule has 0 fully saturated rings. The van der Waals surface area contributed by atoms with E-state index in [2.05, 4.69) is 31.1 Å². The number of hydrogen-bond donors (Lipinski definition) is 1. The van der Waals surface area contributed by atoms with Crippen LogP contribution in [0.25, 0.3) is 11.5 Å². The first-order valence-corrected chi connectivity index (χ1v) is 6.20. The molecule has 4 nitrogen and oxygen atoms in total. The standard InChI is InChI=1S/C14H20N2O2/c1-10-5-6-11(17-10)12-9-15-13(18-12)7-8-16-14(2,3)4/h5-6,9,16H,7-8H2,1-4H3. The Morgan fingerprint density at radius 3 is 2.56 bits per heavy atom. The molecule has 0 amide bonds. The van der Waals surface area contributed by atoms with Crippen LogP contribution in [0, 0.1) is 6.92 Å². The summed E-state index contributed by atoms with van der Waals surface area (Å²) in [7, 11) is 0. The van der Waals surface area contributed by atoms with Gasteiger partial charge in [0.05, 0.1) is 6.20 Å². The third kappa shape index (κ3) is 3.47. The first kappa shape index (κ1) is 12.9. The first-order valence-electron chi connectivity index (χ1n) is 6.20. The molecule has 98 valence electrons. The lowest BCUT2D eigenvalue weighted by atomic mass is 10.1. The summed E-state index contributed by atoms with van der Waals surface area (Å²) >= 11 is 0. The fourth-order valence-electron chi connectivity index (χ4n) is 1.65. The molecular weight excluding hydrogens is 228 g/mol. The molecule has 0 radical (unpaired) electrons. The van der Waals surface area contributed by atoms with Crippen molar-refractivity contribution in [1.82, 2.24) is 10.3 Å². The Morgan fingerprint density at radius 1 is 1.17 bits per heavy atom. The van der Waals surface area contributed by atoms with Crippen LogP contribution >= 0.6 is 0 Å². The number of nitrogens with one attached hydrogen (secondary N) is 1. The van der Waals surface area contributed by atoms with Gasteiger partial charge in [-0.1, -0.05) is 0 Å². The molecule has 0 spiro atoms. The summed E-state index contributed by atoms with van der Waals surface area (Å²) in [5.41, 5.74) is 0.119. The van der Waals surface area contributed by atoms with E-state index in [9.17, 15) is 0 Å². The number of rotatable bonds is 4. The molecule has 2 heterocycles. The van der Waals surface area contributed by atoms with Crippen molar-refractivity contribution in [2.24, 2.45) is 0 Å². The predicted molar refractivity (Wildman–Crippen MR) is 70.4 cm³/mol. The van der Waals surface area contributed by atoms with E-state index in [1.54, 1.807) is 6.20 Å². The van der Waals surface area contributed by atoms with E-state index < -0.39 is 0 Å². The Hall–Kier alpha value is -1.55. The molecule has 1 N–H and O–H groups in total. The summed E-state index contributed by atoms with van der Waals surface area (Å²) in [6.07, 6.45) is 2.49. The Labute approximate surface area is 107 Å². The maximum absolute atomic E-state index is 5.65. The molecular formula is C14H20N2O2. The van der Waals surface area contributed by atoms with Gasteiger partial charge in [-0.2, -0.15) is 0 Å². The van der Waals surface area contributed by atoms with E-state index in [-0.39, 0.29) is 5.54 Å². The normalized spacial score (nSPS) is 12.0. The Kier molecular flexibility index (Phi) is 3.57. The van der Waals surface area contributed by atoms with Crippen LogP contribution in [0.15, 0.2) is 27.2 Å². The average Bonchev–Trinajstić information content (AvgIpc) is 2.85. The van der Waals surface area contributed by atoms with Gasteiger partial charge in [-0.25, -0.2) is 4.98 Å². The topological polar surface area (TPSA) is 51.2 Å². The molecule has 0 saturated heterocycles. The zero-order valence-electron chi connectivity index (χ0n) is 11.4. The van der Waals surface area contributed by atoms with Crippen molar-refractivity contribution in [2.75, 3.05) is 6.54 Å². The highest BCUT2D eigenvalue weighted by atomic mass is 16.4. The Balaban J connectivity index is 1.94. The van der Waals surface area contributed by atoms with Gasteiger partial charge >= 0.3 is 0 Å². The van der Waals surface area contributed by atoms with Crippen LogP contribution in [-0.4, -0.2) is 17.1 Å². The molecule has 0 saturated carbocycles. The van der Waals surface area contributed by atoms with Gasteiger partial charge in [0.1, 0.15) is 5.76 Å². The fourth-order valence-corrected chi connectivity index (χ4v) is 1.65. The maximum Gasteiger partial charge on any atom is 0.196 e. The Morgan fingerprint density at radius 2 is 1.94 bits per heavy atom. The lowest BCUT2D eigenvalue weighted by Gasteiger charge is -2.19. The number of nitrogens with zero attached hydrogens (tertiary/aromatic N) is 1. The van der Waals surface area contributed by atoms with Crippen molar-refractivity contribution in [3.05, 3.63) is 30.0 Å². The predicted octanol–water partition coefficient (Wildman–Crippen LogP) is 3.17. The molecule has 0 atom stereocenters. The van der Waals surface area contributed by atoms with E-state index in [1.165, 1.54) is 0 Å². The van der Waals surface area contributed by atoms with E-state index in [0.717, 1.165) is 30.4 Å². The number of hydrogen-bond acceptors (Lipinski definition) is 4. The average molecular weight is 248 g/mol. The summed E-state index contributed by atoms with van der Waals surface area (Å²) in [6.45, 7) is 9.17. The van der Waals surface area contributed by atoms with E-state index in [4.69, 9.17) is 8.83 Å². The lowest BCUT2D eigenvalue weighted by Crippen LogP contribution is -2.37. The third-order valence-corrected chi connectivity index (χ3v) is 2.53. The molecule has 2 aromatic heterocycles. The van der Waals surface area contributed by atoms with Crippen LogP contribution in [0.3, 0.4) is 0 Å². The van der Waals surface area contributed by atoms with Gasteiger partial charge in [-0.3, -0.25) is 0 Å². The van der Waals surface area contributed by atoms with Gasteiger partial charge in [0.25, 0.3) is 0 Å². The molecule has 0 aliphatic heterocycles. The summed E-state index contributed by atoms with van der Waals surface area (Å²) in [5.74, 6) is 3.03. The molecule has 0 aliphatic rings. The lowest BCUT2D eigenvalue weighted by molar-refractivity contribution is 0.409. The highest BCUT2D eigenvalue weighted by Gasteiger charge is 2.11. The minimum atomic E-state index is 0.119. The zero-order valence-corrected chi connectivity index (χ0v) is 11.4. The van der Waals surface area contributed by atoms with Crippen molar-refractivity contribution in [2.45, 2.75) is 39.7 Å². The molecule has 0 aromatic carbocycles. The van der Waals surface area contributed by atoms with Crippen LogP contribution in [0.5, 0.6) is 0 Å². The zero-order chi connectivity index (χ0) is 13.2. The fraction of sp³-hybridized carbons (Fsp3) is 0.500. The summed E-state index contributed by atoms with van der Waals surface area (Å²) in [6, 6.07) is 3.81. The van der Waals surface area contributed by atoms with Gasteiger partial charge in [0, 0.05) is 18.5 Å². The monoisotopic (exact) mass is 248 g/mol. The van der Waals surface area contributed by atoms with Gasteiger partial charge < -0.3 is 14.2 Å². The molecule has 2 rings (SSSR count). The number of oxazole rings is 1. The quantitative estimate of drug-likeness (QED) is 0.903. The second-order valence-electron chi connectivity index (χ2n) is 5.46. The number of furan rings is 1. The van der Waals surface area contributed by atoms with Crippen LogP contribution in [0.2, 0.25) is 0 Å². The molecule has 18 heavy (non-hydrogen) atoms.